The summed E-state index contributed by atoms with van der Waals surface area (Å²) in [6.07, 6.45) is 4.13. The van der Waals surface area contributed by atoms with E-state index >= 15 is 0 Å². The summed E-state index contributed by atoms with van der Waals surface area (Å²) in [5, 5.41) is 11.3. The summed E-state index contributed by atoms with van der Waals surface area (Å²) in [6.45, 7) is 2.53. The smallest absolute Gasteiger partial charge is 0.251 e. The highest BCUT2D eigenvalue weighted by Crippen LogP contribution is 2.22. The van der Waals surface area contributed by atoms with Crippen molar-refractivity contribution in [2.24, 2.45) is 0 Å². The molecule has 0 aliphatic heterocycles. The predicted molar refractivity (Wildman–Crippen MR) is 56.6 cm³/mol. The van der Waals surface area contributed by atoms with Crippen LogP contribution in [-0.4, -0.2) is 16.2 Å². The van der Waals surface area contributed by atoms with Crippen molar-refractivity contribution >= 4 is 0 Å². The van der Waals surface area contributed by atoms with Crippen molar-refractivity contribution in [2.75, 3.05) is 0 Å². The van der Waals surface area contributed by atoms with Gasteiger partial charge in [-0.25, -0.2) is 0 Å². The molecule has 1 saturated carbocycles. The van der Waals surface area contributed by atoms with Crippen LogP contribution >= 0.6 is 0 Å². The Balaban J connectivity index is 1.71. The third-order valence-electron chi connectivity index (χ3n) is 2.56. The summed E-state index contributed by atoms with van der Waals surface area (Å²) in [5.74, 6) is 1.98. The van der Waals surface area contributed by atoms with E-state index in [2.05, 4.69) is 15.5 Å². The standard InChI is InChI=1S/C11H13N3O2/c1-7-4-8(6-15-7)11-14-13-10(16-11)5-12-9-2-3-9/h4,6,9,12H,2-3,5H2,1H3. The lowest BCUT2D eigenvalue weighted by atomic mass is 10.3. The van der Waals surface area contributed by atoms with E-state index in [0.29, 0.717) is 24.4 Å². The second-order valence-electron chi connectivity index (χ2n) is 4.10. The number of aryl methyl sites for hydroxylation is 1. The molecule has 2 aromatic rings. The fraction of sp³-hybridized carbons (Fsp3) is 0.455. The van der Waals surface area contributed by atoms with E-state index < -0.39 is 0 Å². The molecule has 16 heavy (non-hydrogen) atoms. The van der Waals surface area contributed by atoms with Gasteiger partial charge in [-0.1, -0.05) is 0 Å². The monoisotopic (exact) mass is 219 g/mol. The molecule has 2 heterocycles. The highest BCUT2D eigenvalue weighted by molar-refractivity contribution is 5.50. The van der Waals surface area contributed by atoms with Gasteiger partial charge in [0, 0.05) is 6.04 Å². The van der Waals surface area contributed by atoms with Crippen LogP contribution < -0.4 is 5.32 Å². The molecule has 0 radical (unpaired) electrons. The van der Waals surface area contributed by atoms with E-state index in [9.17, 15) is 0 Å². The van der Waals surface area contributed by atoms with Gasteiger partial charge in [0.25, 0.3) is 5.89 Å². The number of furan rings is 1. The van der Waals surface area contributed by atoms with Crippen LogP contribution in [-0.2, 0) is 6.54 Å². The van der Waals surface area contributed by atoms with Crippen molar-refractivity contribution < 1.29 is 8.83 Å². The summed E-state index contributed by atoms with van der Waals surface area (Å²) in [7, 11) is 0. The van der Waals surface area contributed by atoms with Crippen LogP contribution in [0.15, 0.2) is 21.2 Å². The van der Waals surface area contributed by atoms with Crippen molar-refractivity contribution in [2.45, 2.75) is 32.4 Å². The molecule has 1 aliphatic rings. The van der Waals surface area contributed by atoms with Crippen molar-refractivity contribution in [3.63, 3.8) is 0 Å². The molecule has 5 heteroatoms. The average Bonchev–Trinajstić information content (AvgIpc) is 2.81. The van der Waals surface area contributed by atoms with Gasteiger partial charge in [-0.05, 0) is 25.8 Å². The molecule has 0 aromatic carbocycles. The van der Waals surface area contributed by atoms with E-state index in [-0.39, 0.29) is 0 Å². The summed E-state index contributed by atoms with van der Waals surface area (Å²) < 4.78 is 10.7. The number of hydrogen-bond acceptors (Lipinski definition) is 5. The third kappa shape index (κ3) is 1.99. The maximum Gasteiger partial charge on any atom is 0.251 e. The molecule has 0 saturated heterocycles. The minimum Gasteiger partial charge on any atom is -0.469 e. The lowest BCUT2D eigenvalue weighted by Gasteiger charge is -1.95. The molecule has 1 aliphatic carbocycles. The number of nitrogens with zero attached hydrogens (tertiary/aromatic N) is 2. The molecule has 84 valence electrons. The van der Waals surface area contributed by atoms with Crippen LogP contribution in [0.1, 0.15) is 24.5 Å². The number of nitrogens with one attached hydrogen (secondary N) is 1. The highest BCUT2D eigenvalue weighted by Gasteiger charge is 2.21. The average molecular weight is 219 g/mol. The molecular weight excluding hydrogens is 206 g/mol. The van der Waals surface area contributed by atoms with E-state index in [1.807, 2.05) is 13.0 Å². The SMILES string of the molecule is Cc1cc(-c2nnc(CNC3CC3)o2)co1. The lowest BCUT2D eigenvalue weighted by Crippen LogP contribution is -2.15. The normalized spacial score (nSPS) is 15.6. The summed E-state index contributed by atoms with van der Waals surface area (Å²) in [5.41, 5.74) is 0.836. The molecule has 0 bridgehead atoms. The zero-order chi connectivity index (χ0) is 11.0. The van der Waals surface area contributed by atoms with Crippen molar-refractivity contribution in [3.8, 4) is 11.5 Å². The first-order valence-corrected chi connectivity index (χ1v) is 5.42. The van der Waals surface area contributed by atoms with Crippen LogP contribution in [0.25, 0.3) is 11.5 Å². The zero-order valence-electron chi connectivity index (χ0n) is 9.06. The first-order chi connectivity index (χ1) is 7.81. The molecule has 1 N–H and O–H groups in total. The van der Waals surface area contributed by atoms with Crippen LogP contribution in [0, 0.1) is 6.92 Å². The van der Waals surface area contributed by atoms with Gasteiger partial charge in [-0.15, -0.1) is 10.2 Å². The zero-order valence-corrected chi connectivity index (χ0v) is 9.06. The topological polar surface area (TPSA) is 64.1 Å². The van der Waals surface area contributed by atoms with Crippen LogP contribution in [0.4, 0.5) is 0 Å². The minimum atomic E-state index is 0.518. The molecule has 3 rings (SSSR count). The van der Waals surface area contributed by atoms with Gasteiger partial charge in [-0.3, -0.25) is 0 Å². The predicted octanol–water partition coefficient (Wildman–Crippen LogP) is 1.89. The van der Waals surface area contributed by atoms with Gasteiger partial charge in [0.15, 0.2) is 0 Å². The highest BCUT2D eigenvalue weighted by atomic mass is 16.4. The number of hydrogen-bond donors (Lipinski definition) is 1. The molecule has 0 amide bonds. The summed E-state index contributed by atoms with van der Waals surface area (Å²) in [4.78, 5) is 0. The van der Waals surface area contributed by atoms with Crippen molar-refractivity contribution in [1.29, 1.82) is 0 Å². The van der Waals surface area contributed by atoms with Crippen LogP contribution in [0.2, 0.25) is 0 Å². The Labute approximate surface area is 92.9 Å². The molecule has 1 fully saturated rings. The first kappa shape index (κ1) is 9.59. The van der Waals surface area contributed by atoms with Crippen LogP contribution in [0.5, 0.6) is 0 Å². The Bertz CT molecular complexity index is 485. The van der Waals surface area contributed by atoms with E-state index in [4.69, 9.17) is 8.83 Å². The number of rotatable bonds is 4. The summed E-state index contributed by atoms with van der Waals surface area (Å²) >= 11 is 0. The van der Waals surface area contributed by atoms with Gasteiger partial charge in [0.05, 0.1) is 12.1 Å². The van der Waals surface area contributed by atoms with E-state index in [1.165, 1.54) is 12.8 Å². The van der Waals surface area contributed by atoms with Gasteiger partial charge < -0.3 is 14.2 Å². The molecular formula is C11H13N3O2. The lowest BCUT2D eigenvalue weighted by molar-refractivity contribution is 0.475. The molecule has 2 aromatic heterocycles. The minimum absolute atomic E-state index is 0.518. The fourth-order valence-electron chi connectivity index (χ4n) is 1.52. The van der Waals surface area contributed by atoms with Gasteiger partial charge in [0.2, 0.25) is 5.89 Å². The molecule has 5 nitrogen and oxygen atoms in total. The van der Waals surface area contributed by atoms with E-state index in [1.54, 1.807) is 6.26 Å². The molecule has 0 atom stereocenters. The Hall–Kier alpha value is -1.62. The Morgan fingerprint density at radius 2 is 2.31 bits per heavy atom. The van der Waals surface area contributed by atoms with Crippen molar-refractivity contribution in [3.05, 3.63) is 24.0 Å². The first-order valence-electron chi connectivity index (χ1n) is 5.42. The molecule has 0 unspecified atom stereocenters. The number of aromatic nitrogens is 2. The van der Waals surface area contributed by atoms with E-state index in [0.717, 1.165) is 11.3 Å². The Morgan fingerprint density at radius 1 is 1.44 bits per heavy atom. The second kappa shape index (κ2) is 3.75. The quantitative estimate of drug-likeness (QED) is 0.850. The largest absolute Gasteiger partial charge is 0.469 e. The maximum atomic E-state index is 5.52. The molecule has 0 spiro atoms. The van der Waals surface area contributed by atoms with Crippen molar-refractivity contribution in [1.82, 2.24) is 15.5 Å². The van der Waals surface area contributed by atoms with Gasteiger partial charge >= 0.3 is 0 Å². The van der Waals surface area contributed by atoms with Crippen LogP contribution in [0.3, 0.4) is 0 Å². The Morgan fingerprint density at radius 3 is 3.00 bits per heavy atom. The third-order valence-corrected chi connectivity index (χ3v) is 2.56. The maximum absolute atomic E-state index is 5.52. The second-order valence-corrected chi connectivity index (χ2v) is 4.10. The van der Waals surface area contributed by atoms with Gasteiger partial charge in [-0.2, -0.15) is 0 Å². The van der Waals surface area contributed by atoms with Gasteiger partial charge in [0.1, 0.15) is 12.0 Å². The fourth-order valence-corrected chi connectivity index (χ4v) is 1.52. The summed E-state index contributed by atoms with van der Waals surface area (Å²) in [6, 6.07) is 2.53. The Kier molecular flexibility index (Phi) is 2.25.